The van der Waals surface area contributed by atoms with Crippen LogP contribution in [0, 0.1) is 13.8 Å². The average molecular weight is 895 g/mol. The maximum Gasteiger partial charge on any atom is -0.0866 e. The van der Waals surface area contributed by atoms with Gasteiger partial charge >= 0.3 is 300 Å². The maximum absolute atomic E-state index is 12.0. The minimum absolute atomic E-state index is 0.0830. The summed E-state index contributed by atoms with van der Waals surface area (Å²) in [6.07, 6.45) is 21.1. The zero-order valence-corrected chi connectivity index (χ0v) is 41.9. The molecule has 2 nitrogen and oxygen atoms in total. The Bertz CT molecular complexity index is 1930. The molecule has 5 heteroatoms. The van der Waals surface area contributed by atoms with E-state index in [1.807, 2.05) is 60.7 Å². The normalized spacial score (nSPS) is 22.5. The van der Waals surface area contributed by atoms with Crippen molar-refractivity contribution in [2.24, 2.45) is 0 Å². The predicted molar refractivity (Wildman–Crippen MR) is 265 cm³/mol. The minimum atomic E-state index is -0.219. The van der Waals surface area contributed by atoms with Crippen molar-refractivity contribution in [3.63, 3.8) is 0 Å². The zero-order chi connectivity index (χ0) is 43.6. The van der Waals surface area contributed by atoms with Gasteiger partial charge in [-0.1, -0.05) is 12.1 Å². The Hall–Kier alpha value is -2.37. The first kappa shape index (κ1) is 48.1. The predicted octanol–water partition coefficient (Wildman–Crippen LogP) is 16.8. The van der Waals surface area contributed by atoms with Gasteiger partial charge in [0.05, 0.1) is 0 Å². The van der Waals surface area contributed by atoms with E-state index in [9.17, 15) is 10.2 Å². The molecule has 3 saturated carbocycles. The topological polar surface area (TPSA) is 40.5 Å². The summed E-state index contributed by atoms with van der Waals surface area (Å²) < 4.78 is 0. The van der Waals surface area contributed by atoms with Crippen LogP contribution in [0.4, 0.5) is 0 Å². The summed E-state index contributed by atoms with van der Waals surface area (Å²) in [5, 5.41) is 25.6. The molecule has 2 N–H and O–H groups in total. The van der Waals surface area contributed by atoms with Gasteiger partial charge < -0.3 is 0 Å². The molecule has 0 radical (unpaired) electrons. The number of phenols is 2. The fourth-order valence-electron chi connectivity index (χ4n) is 9.87. The molecule has 1 aliphatic heterocycles. The standard InChI is InChI=1S/C42H64O2S2.2C7H7.Ti/c1-41(2,3)33-23-31(39(43)35(25-33)29-17-11-9-12-18-29)27-45-37-21-15-7-8-16-22-38(37)46-28-32-24-34(42(4,5)6)26-36(40(32)44)30-19-13-10-14-20-30;2*1-7-5-3-2-4-6-7;/h23-26,29-30,37-38,43-44H,7-22,27-28H2,1-6H3;2*2-6H,1H2;/q;2*-1;/t37-,38?;;;/m0.../s1. The van der Waals surface area contributed by atoms with E-state index in [0.717, 1.165) is 33.1 Å². The molecule has 4 atom stereocenters. The van der Waals surface area contributed by atoms with Crippen LogP contribution in [-0.4, -0.2) is 20.7 Å². The van der Waals surface area contributed by atoms with E-state index in [1.54, 1.807) is 0 Å². The Morgan fingerprint density at radius 3 is 1.13 bits per heavy atom. The van der Waals surface area contributed by atoms with Gasteiger partial charge in [-0.25, -0.2) is 0 Å². The number of phenolic OH excluding ortho intramolecular Hbond substituents is 2. The molecule has 61 heavy (non-hydrogen) atoms. The number of hydrogen-bond donors (Lipinski definition) is 2. The second-order valence-corrected chi connectivity index (χ2v) is 32.0. The summed E-state index contributed by atoms with van der Waals surface area (Å²) in [6, 6.07) is 29.4. The Morgan fingerprint density at radius 1 is 0.492 bits per heavy atom. The molecule has 0 aromatic heterocycles. The van der Waals surface area contributed by atoms with Crippen LogP contribution in [0.3, 0.4) is 0 Å². The number of rotatable bonds is 6. The van der Waals surface area contributed by atoms with Crippen LogP contribution in [0.2, 0.25) is 0 Å². The van der Waals surface area contributed by atoms with Crippen molar-refractivity contribution in [1.82, 2.24) is 0 Å². The third kappa shape index (κ3) is 13.6. The van der Waals surface area contributed by atoms with E-state index in [0.29, 0.717) is 39.3 Å². The Kier molecular flexibility index (Phi) is 17.7. The largest absolute Gasteiger partial charge is 0.199 e. The van der Waals surface area contributed by atoms with Gasteiger partial charge in [-0.2, -0.15) is 49.2 Å². The van der Waals surface area contributed by atoms with E-state index in [2.05, 4.69) is 79.7 Å². The van der Waals surface area contributed by atoms with Crippen molar-refractivity contribution in [3.05, 3.63) is 143 Å². The Morgan fingerprint density at radius 2 is 0.820 bits per heavy atom. The van der Waals surface area contributed by atoms with Crippen molar-refractivity contribution < 1.29 is 25.7 Å². The van der Waals surface area contributed by atoms with Crippen molar-refractivity contribution in [2.45, 2.75) is 189 Å². The number of hydrogen-bond acceptors (Lipinski definition) is 2. The summed E-state index contributed by atoms with van der Waals surface area (Å²) in [5.74, 6) is 4.56. The molecule has 0 spiro atoms. The van der Waals surface area contributed by atoms with Gasteiger partial charge in [-0.05, 0) is 0 Å². The Balaban J connectivity index is 0.000000375. The van der Waals surface area contributed by atoms with Crippen molar-refractivity contribution in [1.29, 1.82) is 0 Å². The van der Waals surface area contributed by atoms with Gasteiger partial charge in [0.15, 0.2) is 0 Å². The molecule has 2 unspecified atom stereocenters. The van der Waals surface area contributed by atoms with Gasteiger partial charge in [0.1, 0.15) is 0 Å². The molecule has 0 bridgehead atoms. The molecule has 332 valence electrons. The van der Waals surface area contributed by atoms with Crippen LogP contribution in [0.25, 0.3) is 0 Å². The molecule has 8 rings (SSSR count). The molecule has 4 aliphatic rings. The second-order valence-electron chi connectivity index (χ2n) is 20.6. The number of fused-ring (bicyclic) bond motifs is 1. The average Bonchev–Trinajstić information content (AvgIpc) is 3.53. The first-order valence-corrected chi connectivity index (χ1v) is 30.5. The van der Waals surface area contributed by atoms with E-state index in [4.69, 9.17) is 0 Å². The van der Waals surface area contributed by atoms with E-state index >= 15 is 0 Å². The summed E-state index contributed by atoms with van der Waals surface area (Å²) in [7, 11) is 0.762. The summed E-state index contributed by atoms with van der Waals surface area (Å²) in [4.78, 5) is 0. The summed E-state index contributed by atoms with van der Waals surface area (Å²) in [6.45, 7) is 21.5. The van der Waals surface area contributed by atoms with Crippen LogP contribution >= 0.6 is 15.9 Å². The molecule has 0 saturated heterocycles. The fourth-order valence-corrected chi connectivity index (χ4v) is 30.7. The van der Waals surface area contributed by atoms with Crippen LogP contribution in [0.1, 0.15) is 201 Å². The van der Waals surface area contributed by atoms with Crippen molar-refractivity contribution in [3.8, 4) is 11.5 Å². The molecule has 1 heterocycles. The third-order valence-corrected chi connectivity index (χ3v) is 29.6. The number of benzene rings is 4. The first-order chi connectivity index (χ1) is 29.2. The SMILES string of the molecule is CC(C)(C)c1cc(C[S]2=[Ti]=[S@@](Cc3cc(C(C)(C)C)cc(C4CCCCC4)c3O)C3CCCCCC[C@@H]32)c(O)c(C2CCCCC2)c1.[CH2-]c1ccccc1.[CH2-]c1ccccc1. The quantitative estimate of drug-likeness (QED) is 0.150. The second kappa shape index (κ2) is 22.5. The van der Waals surface area contributed by atoms with E-state index in [-0.39, 0.29) is 26.3 Å². The van der Waals surface area contributed by atoms with Gasteiger partial charge in [0.2, 0.25) is 0 Å². The van der Waals surface area contributed by atoms with E-state index < -0.39 is 0 Å². The zero-order valence-electron chi connectivity index (χ0n) is 38.7. The van der Waals surface area contributed by atoms with E-state index in [1.165, 1.54) is 136 Å². The van der Waals surface area contributed by atoms with Crippen molar-refractivity contribution in [2.75, 3.05) is 0 Å². The molecule has 0 amide bonds. The van der Waals surface area contributed by atoms with Crippen molar-refractivity contribution >= 4 is 15.9 Å². The maximum atomic E-state index is 12.0. The van der Waals surface area contributed by atoms with Crippen LogP contribution < -0.4 is 0 Å². The molecular weight excluding hydrogens is 817 g/mol. The molecule has 4 aromatic rings. The van der Waals surface area contributed by atoms with Crippen LogP contribution in [-0.2, 0) is 37.8 Å². The van der Waals surface area contributed by atoms with Gasteiger partial charge in [0, 0.05) is 0 Å². The summed E-state index contributed by atoms with van der Waals surface area (Å²) in [5.41, 5.74) is 10.2. The molecule has 3 aliphatic carbocycles. The fraction of sp³-hybridized carbons (Fsp3) is 0.536. The molecule has 4 aromatic carbocycles. The third-order valence-electron chi connectivity index (χ3n) is 13.7. The molecular formula is C56H78O2S2Ti-2. The van der Waals surface area contributed by atoms with Crippen LogP contribution in [0.15, 0.2) is 84.9 Å². The summed E-state index contributed by atoms with van der Waals surface area (Å²) >= 11 is -0.219. The number of aromatic hydroxyl groups is 2. The monoisotopic (exact) mass is 894 g/mol. The first-order valence-electron chi connectivity index (χ1n) is 23.8. The Labute approximate surface area is 382 Å². The van der Waals surface area contributed by atoms with Gasteiger partial charge in [-0.3, -0.25) is 0 Å². The van der Waals surface area contributed by atoms with Crippen LogP contribution in [0.5, 0.6) is 11.5 Å². The smallest absolute Gasteiger partial charge is 0.0866 e. The minimum Gasteiger partial charge on any atom is -0.199 e. The van der Waals surface area contributed by atoms with Gasteiger partial charge in [-0.15, -0.1) is 24.3 Å². The molecule has 3 fully saturated rings. The van der Waals surface area contributed by atoms with Gasteiger partial charge in [0.25, 0.3) is 0 Å².